The molecular weight excluding hydrogens is 1860 g/mol. The highest BCUT2D eigenvalue weighted by atomic mass is 16.6. The third-order valence-electron chi connectivity index (χ3n) is 25.5. The minimum absolute atomic E-state index is 0.0240. The van der Waals surface area contributed by atoms with Crippen molar-refractivity contribution in [3.8, 4) is 34.4 Å². The van der Waals surface area contributed by atoms with Gasteiger partial charge in [0.2, 0.25) is 0 Å². The van der Waals surface area contributed by atoms with Crippen molar-refractivity contribution >= 4 is 126 Å². The first-order valence-corrected chi connectivity index (χ1v) is 47.3. The summed E-state index contributed by atoms with van der Waals surface area (Å²) < 4.78 is 80.9. The molecule has 19 aromatic rings. The van der Waals surface area contributed by atoms with Gasteiger partial charge in [0.15, 0.2) is 11.5 Å². The van der Waals surface area contributed by atoms with Crippen LogP contribution in [0.1, 0.15) is 159 Å². The molecule has 2 aromatic heterocycles. The summed E-state index contributed by atoms with van der Waals surface area (Å²) in [4.78, 5) is 157. The standard InChI is InChI=1S/C122H85BN2O22/c126-113(136-66-76-31-11-1-12-32-76)86-51-53-100-108(55-86)146-111-106(124-102-61-96(119(132)142-72-82-43-23-7-24-44-82)92(115(128)138-68-78-35-15-3-16-36-78)57-88(102)89-58-93(116(129)139-69-79-37-17-4-18-38-79)97(62-103(89)124)120(133)143-73-83-45-25-8-26-46-83)65-107(112-110(111)123(100)101-54-52-87(56-109(101)147-112)114(127)137-67-77-33-13-2-14-34-77)125-104-63-98(121(134)144-74-84-47-27-9-28-48-84)94(117(130)140-70-80-39-19-5-20-40-80)59-90(104)91-60-95(118(131)141-71-81-41-21-6-22-42-81)99(64-105(91)125)122(135)145-75-85-49-29-10-30-50-85/h1-65H,66-75H2. The first-order chi connectivity index (χ1) is 72.0. The molecule has 718 valence electrons. The molecule has 147 heavy (non-hydrogen) atoms. The van der Waals surface area contributed by atoms with E-state index in [9.17, 15) is 9.59 Å². The molecule has 0 saturated carbocycles. The third kappa shape index (κ3) is 20.2. The van der Waals surface area contributed by atoms with Crippen LogP contribution in [0.25, 0.3) is 55.0 Å². The van der Waals surface area contributed by atoms with Crippen LogP contribution >= 0.6 is 0 Å². The summed E-state index contributed by atoms with van der Waals surface area (Å²) >= 11 is 0. The highest BCUT2D eigenvalue weighted by Gasteiger charge is 2.46. The Morgan fingerprint density at radius 3 is 0.565 bits per heavy atom. The number of fused-ring (bicyclic) bond motifs is 10. The lowest BCUT2D eigenvalue weighted by molar-refractivity contribution is 0.0425. The van der Waals surface area contributed by atoms with Crippen molar-refractivity contribution in [1.29, 1.82) is 0 Å². The Labute approximate surface area is 841 Å². The maximum Gasteiger partial charge on any atom is 0.339 e. The first-order valence-electron chi connectivity index (χ1n) is 47.3. The number of carbonyl (C=O) groups excluding carboxylic acids is 10. The SMILES string of the molecule is O=C(OCc1ccccc1)c1ccc2c(c1)Oc1c(-n3c4cc(C(=O)OCc5ccccc5)c(C(=O)OCc5ccccc5)cc4c4cc(C(=O)OCc5ccccc5)c(C(=O)OCc5ccccc5)cc43)cc(-n3c4cc(C(=O)OCc5ccccc5)c(C(=O)OCc5ccccc5)cc4c4cc(C(=O)OCc5ccccc5)c(C(=O)OCc5ccccc5)cc43)c3c1B2c1ccc(C(=O)OCc2ccccc2)cc1O3. The molecule has 0 unspecified atom stereocenters. The number of benzene rings is 17. The van der Waals surface area contributed by atoms with Crippen molar-refractivity contribution in [2.75, 3.05) is 0 Å². The quantitative estimate of drug-likeness (QED) is 0.0215. The molecule has 0 amide bonds. The molecule has 0 saturated heterocycles. The highest BCUT2D eigenvalue weighted by Crippen LogP contribution is 2.49. The van der Waals surface area contributed by atoms with E-state index >= 15 is 38.4 Å². The molecule has 0 fully saturated rings. The summed E-state index contributed by atoms with van der Waals surface area (Å²) in [6.07, 6.45) is 0. The number of rotatable bonds is 32. The molecule has 2 aliphatic rings. The van der Waals surface area contributed by atoms with Gasteiger partial charge in [0.05, 0.1) is 89.1 Å². The molecule has 0 N–H and O–H groups in total. The Balaban J connectivity index is 0.898. The predicted molar refractivity (Wildman–Crippen MR) is 548 cm³/mol. The molecule has 25 heteroatoms. The number of hydrogen-bond acceptors (Lipinski definition) is 22. The van der Waals surface area contributed by atoms with Crippen LogP contribution in [0.15, 0.2) is 394 Å². The third-order valence-corrected chi connectivity index (χ3v) is 25.5. The van der Waals surface area contributed by atoms with Gasteiger partial charge in [-0.3, -0.25) is 0 Å². The normalized spacial score (nSPS) is 11.5. The van der Waals surface area contributed by atoms with E-state index in [1.807, 2.05) is 60.7 Å². The lowest BCUT2D eigenvalue weighted by atomic mass is 9.34. The minimum atomic E-state index is -1.17. The Kier molecular flexibility index (Phi) is 27.0. The van der Waals surface area contributed by atoms with Gasteiger partial charge in [-0.15, -0.1) is 0 Å². The second-order valence-electron chi connectivity index (χ2n) is 35.1. The number of carbonyl (C=O) groups is 10. The van der Waals surface area contributed by atoms with Gasteiger partial charge in [-0.2, -0.15) is 0 Å². The van der Waals surface area contributed by atoms with Gasteiger partial charge in [-0.05, 0) is 145 Å². The Morgan fingerprint density at radius 2 is 0.374 bits per heavy atom. The summed E-state index contributed by atoms with van der Waals surface area (Å²) in [6, 6.07) is 112. The number of hydrogen-bond donors (Lipinski definition) is 0. The molecule has 21 rings (SSSR count). The van der Waals surface area contributed by atoms with Gasteiger partial charge < -0.3 is 66.0 Å². The van der Waals surface area contributed by atoms with Crippen LogP contribution in [-0.4, -0.2) is 75.5 Å². The Morgan fingerprint density at radius 1 is 0.197 bits per heavy atom. The number of nitrogens with zero attached hydrogens (tertiary/aromatic N) is 2. The van der Waals surface area contributed by atoms with Crippen molar-refractivity contribution in [3.05, 3.63) is 506 Å². The van der Waals surface area contributed by atoms with Gasteiger partial charge in [-0.1, -0.05) is 315 Å². The minimum Gasteiger partial charge on any atom is -0.457 e. The van der Waals surface area contributed by atoms with Crippen LogP contribution < -0.4 is 25.9 Å². The topological polar surface area (TPSA) is 291 Å². The zero-order valence-corrected chi connectivity index (χ0v) is 78.6. The van der Waals surface area contributed by atoms with Gasteiger partial charge in [-0.25, -0.2) is 47.9 Å². The summed E-state index contributed by atoms with van der Waals surface area (Å²) in [5.74, 6) is -9.65. The second kappa shape index (κ2) is 42.2. The van der Waals surface area contributed by atoms with E-state index in [0.29, 0.717) is 66.6 Å². The molecule has 4 heterocycles. The van der Waals surface area contributed by atoms with Crippen LogP contribution in [0, 0.1) is 0 Å². The second-order valence-corrected chi connectivity index (χ2v) is 35.1. The van der Waals surface area contributed by atoms with Gasteiger partial charge in [0.25, 0.3) is 6.71 Å². The zero-order chi connectivity index (χ0) is 100. The Hall–Kier alpha value is -19.3. The van der Waals surface area contributed by atoms with Crippen LogP contribution in [0.2, 0.25) is 0 Å². The summed E-state index contributed by atoms with van der Waals surface area (Å²) in [7, 11) is 0. The molecule has 0 atom stereocenters. The largest absolute Gasteiger partial charge is 0.457 e. The van der Waals surface area contributed by atoms with E-state index in [-0.39, 0.29) is 205 Å². The predicted octanol–water partition coefficient (Wildman–Crippen LogP) is 22.2. The molecule has 0 spiro atoms. The van der Waals surface area contributed by atoms with E-state index in [4.69, 9.17) is 56.8 Å². The average molecular weight is 1940 g/mol. The maximum atomic E-state index is 16.0. The van der Waals surface area contributed by atoms with Crippen LogP contribution in [0.5, 0.6) is 23.0 Å². The van der Waals surface area contributed by atoms with Crippen molar-refractivity contribution in [3.63, 3.8) is 0 Å². The molecular formula is C122H85BN2O22. The fraction of sp³-hybridized carbons (Fsp3) is 0.0820. The fourth-order valence-corrected chi connectivity index (χ4v) is 18.2. The van der Waals surface area contributed by atoms with E-state index < -0.39 is 66.4 Å². The molecule has 2 aliphatic heterocycles. The summed E-state index contributed by atoms with van der Waals surface area (Å²) in [5.41, 5.74) is 4.38. The summed E-state index contributed by atoms with van der Waals surface area (Å²) in [6.45, 7) is -3.78. The van der Waals surface area contributed by atoms with E-state index in [0.717, 1.165) is 0 Å². The number of esters is 10. The van der Waals surface area contributed by atoms with Gasteiger partial charge in [0.1, 0.15) is 77.6 Å². The van der Waals surface area contributed by atoms with Gasteiger partial charge in [0, 0.05) is 27.0 Å². The Bertz CT molecular complexity index is 7520. The molecule has 0 aliphatic carbocycles. The number of ether oxygens (including phenoxy) is 12. The smallest absolute Gasteiger partial charge is 0.339 e. The fourth-order valence-electron chi connectivity index (χ4n) is 18.2. The monoisotopic (exact) mass is 1940 g/mol. The van der Waals surface area contributed by atoms with E-state index in [2.05, 4.69) is 0 Å². The van der Waals surface area contributed by atoms with Crippen LogP contribution in [-0.2, 0) is 113 Å². The molecule has 24 nitrogen and oxygen atoms in total. The van der Waals surface area contributed by atoms with Crippen LogP contribution in [0.4, 0.5) is 0 Å². The van der Waals surface area contributed by atoms with Crippen molar-refractivity contribution < 1.29 is 105 Å². The van der Waals surface area contributed by atoms with E-state index in [1.54, 1.807) is 282 Å². The lowest BCUT2D eigenvalue weighted by Gasteiger charge is -2.36. The highest BCUT2D eigenvalue weighted by molar-refractivity contribution is 6.98. The average Bonchev–Trinajstić information content (AvgIpc) is 1.61. The van der Waals surface area contributed by atoms with Crippen molar-refractivity contribution in [2.45, 2.75) is 66.1 Å². The first kappa shape index (κ1) is 94.0. The summed E-state index contributed by atoms with van der Waals surface area (Å²) in [5, 5.41) is 0.448. The van der Waals surface area contributed by atoms with Crippen molar-refractivity contribution in [1.82, 2.24) is 9.13 Å². The number of aromatic nitrogens is 2. The van der Waals surface area contributed by atoms with Crippen LogP contribution in [0.3, 0.4) is 0 Å². The molecule has 0 bridgehead atoms. The van der Waals surface area contributed by atoms with E-state index in [1.165, 1.54) is 60.7 Å². The maximum absolute atomic E-state index is 16.0. The van der Waals surface area contributed by atoms with Gasteiger partial charge >= 0.3 is 59.7 Å². The molecule has 17 aromatic carbocycles. The zero-order valence-electron chi connectivity index (χ0n) is 78.6. The lowest BCUT2D eigenvalue weighted by Crippen LogP contribution is -2.58. The molecule has 0 radical (unpaired) electrons. The van der Waals surface area contributed by atoms with Crippen molar-refractivity contribution in [2.24, 2.45) is 0 Å².